The lowest BCUT2D eigenvalue weighted by Crippen LogP contribution is -2.35. The summed E-state index contributed by atoms with van der Waals surface area (Å²) in [5.41, 5.74) is 2.58. The molecule has 1 atom stereocenters. The molecule has 0 saturated heterocycles. The highest BCUT2D eigenvalue weighted by Crippen LogP contribution is 2.22. The average Bonchev–Trinajstić information content (AvgIpc) is 2.76. The van der Waals surface area contributed by atoms with Crippen LogP contribution in [0.2, 0.25) is 0 Å². The number of hydrogen-bond acceptors (Lipinski definition) is 4. The van der Waals surface area contributed by atoms with Crippen molar-refractivity contribution in [1.29, 1.82) is 0 Å². The van der Waals surface area contributed by atoms with E-state index in [0.29, 0.717) is 5.56 Å². The molecule has 0 bridgehead atoms. The first-order chi connectivity index (χ1) is 14.7. The molecule has 2 N–H and O–H groups in total. The van der Waals surface area contributed by atoms with Crippen molar-refractivity contribution < 1.29 is 19.1 Å². The summed E-state index contributed by atoms with van der Waals surface area (Å²) in [5.74, 6) is -1.41. The number of rotatable bonds is 9. The molecule has 2 amide bonds. The third-order valence-corrected chi connectivity index (χ3v) is 4.89. The molecule has 0 aliphatic carbocycles. The predicted octanol–water partition coefficient (Wildman–Crippen LogP) is 3.91. The van der Waals surface area contributed by atoms with E-state index >= 15 is 0 Å². The summed E-state index contributed by atoms with van der Waals surface area (Å²) in [6.07, 6.45) is 1.69. The van der Waals surface area contributed by atoms with Crippen molar-refractivity contribution in [3.63, 3.8) is 0 Å². The summed E-state index contributed by atoms with van der Waals surface area (Å²) in [5, 5.41) is 5.42. The zero-order valence-corrected chi connectivity index (χ0v) is 18.7. The molecule has 6 nitrogen and oxygen atoms in total. The molecule has 0 aliphatic heterocycles. The first-order valence-electron chi connectivity index (χ1n) is 10.6. The van der Waals surface area contributed by atoms with E-state index in [-0.39, 0.29) is 36.4 Å². The van der Waals surface area contributed by atoms with Gasteiger partial charge in [0.15, 0.2) is 6.61 Å². The second kappa shape index (κ2) is 11.3. The Bertz CT molecular complexity index is 871. The summed E-state index contributed by atoms with van der Waals surface area (Å²) >= 11 is 0. The predicted molar refractivity (Wildman–Crippen MR) is 121 cm³/mol. The van der Waals surface area contributed by atoms with E-state index in [1.807, 2.05) is 49.4 Å². The van der Waals surface area contributed by atoms with Crippen LogP contribution in [-0.4, -0.2) is 30.9 Å². The standard InChI is InChI=1S/C25H32N2O4/c1-5-9-21(18-10-7-6-8-11-18)27-22(28)17-31-23(29)16-26-24(30)19-12-14-20(15-13-19)25(2,3)4/h6-8,10-15,21H,5,9,16-17H2,1-4H3,(H,26,30)(H,27,28). The Hall–Kier alpha value is -3.15. The topological polar surface area (TPSA) is 84.5 Å². The number of carbonyl (C=O) groups is 3. The molecule has 0 radical (unpaired) electrons. The molecular weight excluding hydrogens is 392 g/mol. The maximum absolute atomic E-state index is 12.2. The largest absolute Gasteiger partial charge is 0.454 e. The molecule has 2 rings (SSSR count). The van der Waals surface area contributed by atoms with Gasteiger partial charge in [0.25, 0.3) is 11.8 Å². The molecule has 0 fully saturated rings. The van der Waals surface area contributed by atoms with Crippen LogP contribution in [0.15, 0.2) is 54.6 Å². The van der Waals surface area contributed by atoms with E-state index in [9.17, 15) is 14.4 Å². The van der Waals surface area contributed by atoms with Crippen molar-refractivity contribution in [2.45, 2.75) is 52.0 Å². The van der Waals surface area contributed by atoms with Crippen LogP contribution in [0.3, 0.4) is 0 Å². The van der Waals surface area contributed by atoms with E-state index in [4.69, 9.17) is 4.74 Å². The first kappa shape index (κ1) is 24.1. The Kier molecular flexibility index (Phi) is 8.79. The van der Waals surface area contributed by atoms with E-state index in [1.165, 1.54) is 0 Å². The normalized spacial score (nSPS) is 12.0. The molecule has 2 aromatic carbocycles. The van der Waals surface area contributed by atoms with Gasteiger partial charge >= 0.3 is 5.97 Å². The fourth-order valence-electron chi connectivity index (χ4n) is 3.11. The highest BCUT2D eigenvalue weighted by Gasteiger charge is 2.17. The van der Waals surface area contributed by atoms with Gasteiger partial charge in [0, 0.05) is 5.56 Å². The molecular formula is C25H32N2O4. The van der Waals surface area contributed by atoms with Crippen molar-refractivity contribution >= 4 is 17.8 Å². The molecule has 166 valence electrons. The van der Waals surface area contributed by atoms with Gasteiger partial charge in [-0.25, -0.2) is 0 Å². The van der Waals surface area contributed by atoms with Gasteiger partial charge < -0.3 is 15.4 Å². The summed E-state index contributed by atoms with van der Waals surface area (Å²) in [7, 11) is 0. The lowest BCUT2D eigenvalue weighted by Gasteiger charge is -2.19. The zero-order valence-electron chi connectivity index (χ0n) is 18.7. The van der Waals surface area contributed by atoms with Crippen LogP contribution in [0, 0.1) is 0 Å². The molecule has 0 saturated carbocycles. The summed E-state index contributed by atoms with van der Waals surface area (Å²) in [6, 6.07) is 16.8. The smallest absolute Gasteiger partial charge is 0.325 e. The second-order valence-corrected chi connectivity index (χ2v) is 8.49. The maximum atomic E-state index is 12.2. The van der Waals surface area contributed by atoms with Crippen molar-refractivity contribution in [2.24, 2.45) is 0 Å². The number of nitrogens with one attached hydrogen (secondary N) is 2. The summed E-state index contributed by atoms with van der Waals surface area (Å²) < 4.78 is 5.00. The number of benzene rings is 2. The second-order valence-electron chi connectivity index (χ2n) is 8.49. The average molecular weight is 425 g/mol. The minimum absolute atomic E-state index is 0.00394. The Morgan fingerprint density at radius 1 is 0.968 bits per heavy atom. The fourth-order valence-corrected chi connectivity index (χ4v) is 3.11. The van der Waals surface area contributed by atoms with E-state index in [0.717, 1.165) is 24.0 Å². The third kappa shape index (κ3) is 7.89. The zero-order chi connectivity index (χ0) is 22.9. The van der Waals surface area contributed by atoms with Crippen LogP contribution >= 0.6 is 0 Å². The molecule has 0 aromatic heterocycles. The fraction of sp³-hybridized carbons (Fsp3) is 0.400. The van der Waals surface area contributed by atoms with Gasteiger partial charge in [0.2, 0.25) is 0 Å². The number of ether oxygens (including phenoxy) is 1. The number of carbonyl (C=O) groups excluding carboxylic acids is 3. The third-order valence-electron chi connectivity index (χ3n) is 4.89. The van der Waals surface area contributed by atoms with Crippen LogP contribution in [0.4, 0.5) is 0 Å². The van der Waals surface area contributed by atoms with Crippen LogP contribution in [0.1, 0.15) is 68.1 Å². The van der Waals surface area contributed by atoms with Gasteiger partial charge in [-0.05, 0) is 35.1 Å². The van der Waals surface area contributed by atoms with Gasteiger partial charge in [0.1, 0.15) is 6.54 Å². The number of hydrogen-bond donors (Lipinski definition) is 2. The van der Waals surface area contributed by atoms with E-state index < -0.39 is 5.97 Å². The molecule has 31 heavy (non-hydrogen) atoms. The Labute approximate surface area is 184 Å². The van der Waals surface area contributed by atoms with Crippen molar-refractivity contribution in [1.82, 2.24) is 10.6 Å². The van der Waals surface area contributed by atoms with Gasteiger partial charge in [-0.15, -0.1) is 0 Å². The van der Waals surface area contributed by atoms with Crippen LogP contribution < -0.4 is 10.6 Å². The van der Waals surface area contributed by atoms with Crippen LogP contribution in [0.25, 0.3) is 0 Å². The number of esters is 1. The summed E-state index contributed by atoms with van der Waals surface area (Å²) in [6.45, 7) is 7.64. The molecule has 1 unspecified atom stereocenters. The molecule has 0 spiro atoms. The minimum Gasteiger partial charge on any atom is -0.454 e. The molecule has 0 aliphatic rings. The lowest BCUT2D eigenvalue weighted by atomic mass is 9.87. The highest BCUT2D eigenvalue weighted by atomic mass is 16.5. The van der Waals surface area contributed by atoms with Gasteiger partial charge in [-0.1, -0.05) is 76.6 Å². The van der Waals surface area contributed by atoms with Crippen LogP contribution in [-0.2, 0) is 19.7 Å². The summed E-state index contributed by atoms with van der Waals surface area (Å²) in [4.78, 5) is 36.4. The maximum Gasteiger partial charge on any atom is 0.325 e. The molecule has 0 heterocycles. The molecule has 2 aromatic rings. The quantitative estimate of drug-likeness (QED) is 0.598. The van der Waals surface area contributed by atoms with Crippen LogP contribution in [0.5, 0.6) is 0 Å². The highest BCUT2D eigenvalue weighted by molar-refractivity contribution is 5.96. The van der Waals surface area contributed by atoms with E-state index in [2.05, 4.69) is 31.4 Å². The Balaban J connectivity index is 1.78. The van der Waals surface area contributed by atoms with Gasteiger partial charge in [-0.3, -0.25) is 14.4 Å². The van der Waals surface area contributed by atoms with Crippen molar-refractivity contribution in [2.75, 3.05) is 13.2 Å². The SMILES string of the molecule is CCCC(NC(=O)COC(=O)CNC(=O)c1ccc(C(C)(C)C)cc1)c1ccccc1. The van der Waals surface area contributed by atoms with Crippen molar-refractivity contribution in [3.8, 4) is 0 Å². The lowest BCUT2D eigenvalue weighted by molar-refractivity contribution is -0.147. The Morgan fingerprint density at radius 3 is 2.19 bits per heavy atom. The van der Waals surface area contributed by atoms with Gasteiger partial charge in [-0.2, -0.15) is 0 Å². The minimum atomic E-state index is -0.665. The molecule has 6 heteroatoms. The Morgan fingerprint density at radius 2 is 1.61 bits per heavy atom. The van der Waals surface area contributed by atoms with E-state index in [1.54, 1.807) is 12.1 Å². The number of amides is 2. The van der Waals surface area contributed by atoms with Gasteiger partial charge in [0.05, 0.1) is 6.04 Å². The monoisotopic (exact) mass is 424 g/mol. The first-order valence-corrected chi connectivity index (χ1v) is 10.6. The van der Waals surface area contributed by atoms with Crippen molar-refractivity contribution in [3.05, 3.63) is 71.3 Å².